The number of rotatable bonds is 11. The predicted octanol–water partition coefficient (Wildman–Crippen LogP) is 6.57. The van der Waals surface area contributed by atoms with Gasteiger partial charge in [0.25, 0.3) is 0 Å². The average Bonchev–Trinajstić information content (AvgIpc) is 3.31. The highest BCUT2D eigenvalue weighted by molar-refractivity contribution is 5.98. The van der Waals surface area contributed by atoms with Gasteiger partial charge in [0, 0.05) is 37.7 Å². The summed E-state index contributed by atoms with van der Waals surface area (Å²) in [6.45, 7) is 1.49. The molecule has 4 aliphatic rings. The number of halogens is 2. The first kappa shape index (κ1) is 28.6. The molecule has 2 unspecified atom stereocenters. The Kier molecular flexibility index (Phi) is 9.47. The van der Waals surface area contributed by atoms with Crippen molar-refractivity contribution in [3.63, 3.8) is 0 Å². The number of Topliss-reactive ketones (excluding diaryl/α,β-unsaturated/α-hetero) is 1. The molecule has 0 spiro atoms. The second-order valence-corrected chi connectivity index (χ2v) is 11.2. The monoisotopic (exact) mass is 531 g/mol. The molecule has 4 rings (SSSR count). The van der Waals surface area contributed by atoms with Crippen LogP contribution in [-0.2, 0) is 23.8 Å². The highest BCUT2D eigenvalue weighted by Gasteiger charge is 2.42. The first-order valence-electron chi connectivity index (χ1n) is 13.8. The first-order chi connectivity index (χ1) is 18.1. The minimum absolute atomic E-state index is 0.0224. The molecule has 0 aromatic rings. The normalized spacial score (nSPS) is 26.1. The minimum atomic E-state index is -3.33. The first-order valence-corrected chi connectivity index (χ1v) is 13.8. The Balaban J connectivity index is 1.33. The molecule has 0 aromatic heterocycles. The molecule has 1 heterocycles. The van der Waals surface area contributed by atoms with Gasteiger partial charge in [-0.15, -0.1) is 0 Å². The van der Waals surface area contributed by atoms with E-state index in [4.69, 9.17) is 14.2 Å². The van der Waals surface area contributed by atoms with E-state index in [-0.39, 0.29) is 35.4 Å². The van der Waals surface area contributed by atoms with Crippen molar-refractivity contribution in [2.75, 3.05) is 13.7 Å². The molecule has 1 saturated heterocycles. The lowest BCUT2D eigenvalue weighted by atomic mass is 9.81. The summed E-state index contributed by atoms with van der Waals surface area (Å²) in [5, 5.41) is 0. The summed E-state index contributed by atoms with van der Waals surface area (Å²) in [6.07, 6.45) is 14.1. The third-order valence-electron chi connectivity index (χ3n) is 7.82. The molecule has 0 bridgehead atoms. The number of ketones is 1. The number of carbonyl (C=O) groups excluding carboxylic acids is 2. The number of allylic oxidation sites excluding steroid dienone is 4. The molecular weight excluding hydrogens is 492 g/mol. The largest absolute Gasteiger partial charge is 0.433 e. The lowest BCUT2D eigenvalue weighted by Gasteiger charge is -2.33. The van der Waals surface area contributed by atoms with Gasteiger partial charge in [-0.25, -0.2) is 4.99 Å². The summed E-state index contributed by atoms with van der Waals surface area (Å²) < 4.78 is 42.8. The van der Waals surface area contributed by atoms with Crippen LogP contribution in [0.4, 0.5) is 8.78 Å². The van der Waals surface area contributed by atoms with Crippen molar-refractivity contribution in [3.05, 3.63) is 47.3 Å². The second-order valence-electron chi connectivity index (χ2n) is 11.2. The number of hydrogen-bond donors (Lipinski definition) is 0. The number of unbranched alkanes of at least 4 members (excludes halogenated alkanes) is 1. The van der Waals surface area contributed by atoms with Crippen LogP contribution in [0.1, 0.15) is 84.0 Å². The molecule has 38 heavy (non-hydrogen) atoms. The van der Waals surface area contributed by atoms with Gasteiger partial charge in [0.05, 0.1) is 6.10 Å². The van der Waals surface area contributed by atoms with Crippen LogP contribution in [0.2, 0.25) is 0 Å². The van der Waals surface area contributed by atoms with Crippen LogP contribution in [0.25, 0.3) is 0 Å². The van der Waals surface area contributed by atoms with Gasteiger partial charge in [-0.2, -0.15) is 8.78 Å². The Hall–Kier alpha value is -2.45. The number of amides is 1. The van der Waals surface area contributed by atoms with E-state index in [1.165, 1.54) is 0 Å². The van der Waals surface area contributed by atoms with Crippen LogP contribution in [-0.4, -0.2) is 49.4 Å². The molecule has 3 aliphatic carbocycles. The van der Waals surface area contributed by atoms with E-state index in [1.54, 1.807) is 13.2 Å². The fourth-order valence-electron chi connectivity index (χ4n) is 5.67. The fraction of sp³-hybridized carbons (Fsp3) is 0.633. The van der Waals surface area contributed by atoms with E-state index in [9.17, 15) is 18.4 Å². The van der Waals surface area contributed by atoms with E-state index >= 15 is 0 Å². The number of ether oxygens (including phenoxy) is 3. The Labute approximate surface area is 223 Å². The number of alkyl halides is 2. The van der Waals surface area contributed by atoms with Gasteiger partial charge in [0.15, 0.2) is 12.4 Å². The van der Waals surface area contributed by atoms with Crippen molar-refractivity contribution in [2.45, 2.75) is 102 Å². The Morgan fingerprint density at radius 1 is 1.13 bits per heavy atom. The molecule has 2 atom stereocenters. The van der Waals surface area contributed by atoms with Crippen LogP contribution < -0.4 is 0 Å². The number of nitrogens with zero attached hydrogens (tertiary/aromatic N) is 1. The lowest BCUT2D eigenvalue weighted by molar-refractivity contribution is -0.286. The van der Waals surface area contributed by atoms with E-state index in [0.717, 1.165) is 37.0 Å². The summed E-state index contributed by atoms with van der Waals surface area (Å²) in [5.74, 6) is 0.0259. The zero-order chi connectivity index (χ0) is 27.2. The smallest absolute Gasteiger partial charge is 0.421 e. The number of carbonyl (C=O) groups is 2. The minimum Gasteiger partial charge on any atom is -0.433 e. The highest BCUT2D eigenvalue weighted by atomic mass is 19.3. The standard InChI is InChI=1S/C30H39F2NO5/c1-29(15-5-6-16-29)19-23(17-21-9-14-26-27(18-21)38-30(31,32)20-37-26)33-28(35)8-4-3-7-25(34)22-10-12-24(36-2)13-11-22/h9-12,18,24,26H,3-8,13-17,19-20H2,1-2H3. The van der Waals surface area contributed by atoms with Gasteiger partial charge >= 0.3 is 6.11 Å². The van der Waals surface area contributed by atoms with Gasteiger partial charge in [-0.1, -0.05) is 44.1 Å². The average molecular weight is 532 g/mol. The maximum absolute atomic E-state index is 13.7. The quantitative estimate of drug-likeness (QED) is 0.223. The third-order valence-corrected chi connectivity index (χ3v) is 7.82. The van der Waals surface area contributed by atoms with Gasteiger partial charge in [-0.3, -0.25) is 9.59 Å². The van der Waals surface area contributed by atoms with E-state index in [0.29, 0.717) is 50.5 Å². The SMILES string of the molecule is COC1C=CC(C(=O)CCCCC(=O)N=C(CC2=CCC3OCC(F)(F)OC3=C2)CC2(C)CCCC2)=CC1. The summed E-state index contributed by atoms with van der Waals surface area (Å²) in [5.41, 5.74) is 2.40. The second kappa shape index (κ2) is 12.6. The fourth-order valence-corrected chi connectivity index (χ4v) is 5.67. The van der Waals surface area contributed by atoms with Crippen LogP contribution in [0.5, 0.6) is 0 Å². The summed E-state index contributed by atoms with van der Waals surface area (Å²) in [6, 6.07) is 0. The van der Waals surface area contributed by atoms with Crippen molar-refractivity contribution in [3.8, 4) is 0 Å². The van der Waals surface area contributed by atoms with Crippen molar-refractivity contribution in [2.24, 2.45) is 10.4 Å². The number of aliphatic imine (C=N–C) groups is 1. The van der Waals surface area contributed by atoms with Crippen molar-refractivity contribution in [1.82, 2.24) is 0 Å². The van der Waals surface area contributed by atoms with Gasteiger partial charge in [-0.05, 0) is 62.0 Å². The molecule has 6 nitrogen and oxygen atoms in total. The number of fused-ring (bicyclic) bond motifs is 1. The Bertz CT molecular complexity index is 1050. The molecule has 0 radical (unpaired) electrons. The van der Waals surface area contributed by atoms with E-state index < -0.39 is 18.8 Å². The van der Waals surface area contributed by atoms with Crippen molar-refractivity contribution in [1.29, 1.82) is 0 Å². The lowest BCUT2D eigenvalue weighted by Crippen LogP contribution is -2.39. The molecule has 1 aliphatic heterocycles. The molecule has 1 saturated carbocycles. The Morgan fingerprint density at radius 3 is 2.61 bits per heavy atom. The molecule has 208 valence electrons. The zero-order valence-electron chi connectivity index (χ0n) is 22.5. The molecule has 1 amide bonds. The molecule has 0 N–H and O–H groups in total. The maximum atomic E-state index is 13.7. The van der Waals surface area contributed by atoms with Crippen LogP contribution >= 0.6 is 0 Å². The molecular formula is C30H39F2NO5. The zero-order valence-corrected chi connectivity index (χ0v) is 22.5. The van der Waals surface area contributed by atoms with Crippen LogP contribution in [0.15, 0.2) is 52.3 Å². The van der Waals surface area contributed by atoms with Gasteiger partial charge in [0.1, 0.15) is 11.9 Å². The van der Waals surface area contributed by atoms with Crippen LogP contribution in [0.3, 0.4) is 0 Å². The summed E-state index contributed by atoms with van der Waals surface area (Å²) in [7, 11) is 1.65. The van der Waals surface area contributed by atoms with Crippen molar-refractivity contribution < 1.29 is 32.6 Å². The summed E-state index contributed by atoms with van der Waals surface area (Å²) in [4.78, 5) is 29.8. The Morgan fingerprint density at radius 2 is 1.89 bits per heavy atom. The predicted molar refractivity (Wildman–Crippen MR) is 141 cm³/mol. The molecule has 0 aromatic carbocycles. The maximum Gasteiger partial charge on any atom is 0.421 e. The third kappa shape index (κ3) is 8.03. The highest BCUT2D eigenvalue weighted by Crippen LogP contribution is 2.42. The topological polar surface area (TPSA) is 74.2 Å². The number of methoxy groups -OCH3 is 1. The molecule has 8 heteroatoms. The van der Waals surface area contributed by atoms with Gasteiger partial charge in [0.2, 0.25) is 5.91 Å². The van der Waals surface area contributed by atoms with E-state index in [2.05, 4.69) is 11.9 Å². The van der Waals surface area contributed by atoms with Crippen molar-refractivity contribution >= 4 is 17.4 Å². The summed E-state index contributed by atoms with van der Waals surface area (Å²) >= 11 is 0. The van der Waals surface area contributed by atoms with Crippen LogP contribution in [0, 0.1) is 5.41 Å². The number of hydrogen-bond acceptors (Lipinski definition) is 5. The molecule has 2 fully saturated rings. The van der Waals surface area contributed by atoms with Gasteiger partial charge < -0.3 is 14.2 Å². The van der Waals surface area contributed by atoms with E-state index in [1.807, 2.05) is 24.3 Å².